The molecule has 0 spiro atoms. The standard InChI is InChI=1S/C14H20N2O5/c1-14(2,3)15-12(19)10-11(18)9(17)6-16(10)13(20)8-4-5-21-7-8/h4-5,7,9-11,17-18H,6H2,1-3H3,(H,15,19)/t9-,10?,11+/m0/s1. The van der Waals surface area contributed by atoms with Crippen molar-refractivity contribution in [3.63, 3.8) is 0 Å². The van der Waals surface area contributed by atoms with Crippen molar-refractivity contribution in [2.24, 2.45) is 0 Å². The zero-order chi connectivity index (χ0) is 15.8. The first-order valence-corrected chi connectivity index (χ1v) is 6.72. The molecule has 0 aliphatic carbocycles. The van der Waals surface area contributed by atoms with Gasteiger partial charge in [0.15, 0.2) is 0 Å². The predicted octanol–water partition coefficient (Wildman–Crippen LogP) is -0.260. The van der Waals surface area contributed by atoms with Gasteiger partial charge in [-0.2, -0.15) is 0 Å². The molecule has 116 valence electrons. The summed E-state index contributed by atoms with van der Waals surface area (Å²) in [5.41, 5.74) is -0.237. The molecule has 1 saturated heterocycles. The van der Waals surface area contributed by atoms with Gasteiger partial charge in [-0.1, -0.05) is 0 Å². The molecular weight excluding hydrogens is 276 g/mol. The molecule has 3 N–H and O–H groups in total. The highest BCUT2D eigenvalue weighted by Crippen LogP contribution is 2.22. The Kier molecular flexibility index (Phi) is 4.06. The molecule has 7 heteroatoms. The van der Waals surface area contributed by atoms with E-state index >= 15 is 0 Å². The number of carbonyl (C=O) groups is 2. The molecule has 1 aliphatic rings. The van der Waals surface area contributed by atoms with Crippen molar-refractivity contribution in [1.82, 2.24) is 10.2 Å². The van der Waals surface area contributed by atoms with Crippen LogP contribution in [-0.4, -0.2) is 57.3 Å². The molecule has 2 heterocycles. The molecule has 1 unspecified atom stereocenters. The Morgan fingerprint density at radius 2 is 2.05 bits per heavy atom. The van der Waals surface area contributed by atoms with Crippen LogP contribution in [0.1, 0.15) is 31.1 Å². The van der Waals surface area contributed by atoms with Gasteiger partial charge in [0.1, 0.15) is 24.5 Å². The number of aliphatic hydroxyl groups is 2. The Morgan fingerprint density at radius 1 is 1.38 bits per heavy atom. The zero-order valence-electron chi connectivity index (χ0n) is 12.2. The lowest BCUT2D eigenvalue weighted by atomic mass is 10.1. The second-order valence-corrected chi connectivity index (χ2v) is 6.21. The smallest absolute Gasteiger partial charge is 0.257 e. The van der Waals surface area contributed by atoms with Gasteiger partial charge in [-0.15, -0.1) is 0 Å². The van der Waals surface area contributed by atoms with Crippen molar-refractivity contribution in [3.05, 3.63) is 24.2 Å². The largest absolute Gasteiger partial charge is 0.472 e. The van der Waals surface area contributed by atoms with Gasteiger partial charge in [0, 0.05) is 5.54 Å². The molecule has 0 radical (unpaired) electrons. The Hall–Kier alpha value is -1.86. The molecule has 3 atom stereocenters. The number of likely N-dealkylation sites (tertiary alicyclic amines) is 1. The second-order valence-electron chi connectivity index (χ2n) is 6.21. The number of aliphatic hydroxyl groups excluding tert-OH is 2. The van der Waals surface area contributed by atoms with Gasteiger partial charge < -0.3 is 24.8 Å². The van der Waals surface area contributed by atoms with Gasteiger partial charge in [-0.25, -0.2) is 0 Å². The third-order valence-corrected chi connectivity index (χ3v) is 3.23. The van der Waals surface area contributed by atoms with Gasteiger partial charge in [0.05, 0.1) is 18.4 Å². The minimum Gasteiger partial charge on any atom is -0.472 e. The lowest BCUT2D eigenvalue weighted by Gasteiger charge is -2.29. The van der Waals surface area contributed by atoms with E-state index in [9.17, 15) is 19.8 Å². The second kappa shape index (κ2) is 5.50. The number of rotatable bonds is 2. The fraction of sp³-hybridized carbons (Fsp3) is 0.571. The Morgan fingerprint density at radius 3 is 2.57 bits per heavy atom. The first-order chi connectivity index (χ1) is 9.70. The number of nitrogens with one attached hydrogen (secondary N) is 1. The summed E-state index contributed by atoms with van der Waals surface area (Å²) in [4.78, 5) is 25.8. The number of hydrogen-bond donors (Lipinski definition) is 3. The highest BCUT2D eigenvalue weighted by molar-refractivity contribution is 5.98. The van der Waals surface area contributed by atoms with Crippen molar-refractivity contribution < 1.29 is 24.2 Å². The van der Waals surface area contributed by atoms with E-state index in [1.807, 2.05) is 0 Å². The molecule has 0 aromatic carbocycles. The quantitative estimate of drug-likeness (QED) is 0.698. The molecule has 21 heavy (non-hydrogen) atoms. The molecule has 1 aromatic heterocycles. The van der Waals surface area contributed by atoms with Crippen molar-refractivity contribution in [2.45, 2.75) is 44.6 Å². The normalized spacial score (nSPS) is 26.0. The maximum atomic E-state index is 12.3. The van der Waals surface area contributed by atoms with Crippen molar-refractivity contribution >= 4 is 11.8 Å². The topological polar surface area (TPSA) is 103 Å². The fourth-order valence-corrected chi connectivity index (χ4v) is 2.32. The van der Waals surface area contributed by atoms with E-state index in [1.54, 1.807) is 20.8 Å². The van der Waals surface area contributed by atoms with E-state index in [0.717, 1.165) is 0 Å². The number of β-amino-alcohol motifs (C(OH)–C–C–N with tert-alkyl or cyclic N) is 1. The molecular formula is C14H20N2O5. The summed E-state index contributed by atoms with van der Waals surface area (Å²) in [7, 11) is 0. The van der Waals surface area contributed by atoms with Crippen LogP contribution in [0.4, 0.5) is 0 Å². The summed E-state index contributed by atoms with van der Waals surface area (Å²) in [5.74, 6) is -0.961. The van der Waals surface area contributed by atoms with E-state index < -0.39 is 35.6 Å². The van der Waals surface area contributed by atoms with Crippen LogP contribution in [0.25, 0.3) is 0 Å². The van der Waals surface area contributed by atoms with Crippen LogP contribution in [0.2, 0.25) is 0 Å². The average molecular weight is 296 g/mol. The van der Waals surface area contributed by atoms with Crippen molar-refractivity contribution in [2.75, 3.05) is 6.54 Å². The molecule has 0 bridgehead atoms. The first-order valence-electron chi connectivity index (χ1n) is 6.72. The van der Waals surface area contributed by atoms with E-state index in [2.05, 4.69) is 5.32 Å². The summed E-state index contributed by atoms with van der Waals surface area (Å²) >= 11 is 0. The lowest BCUT2D eigenvalue weighted by Crippen LogP contribution is -2.54. The number of carbonyl (C=O) groups excluding carboxylic acids is 2. The summed E-state index contributed by atoms with van der Waals surface area (Å²) in [6.45, 7) is 5.29. The van der Waals surface area contributed by atoms with Crippen LogP contribution in [0.15, 0.2) is 23.0 Å². The number of furan rings is 1. The first kappa shape index (κ1) is 15.5. The zero-order valence-corrected chi connectivity index (χ0v) is 12.2. The number of hydrogen-bond acceptors (Lipinski definition) is 5. The van der Waals surface area contributed by atoms with Gasteiger partial charge >= 0.3 is 0 Å². The minimum absolute atomic E-state index is 0.104. The maximum absolute atomic E-state index is 12.3. The summed E-state index contributed by atoms with van der Waals surface area (Å²) < 4.78 is 4.85. The number of nitrogens with zero attached hydrogens (tertiary/aromatic N) is 1. The Bertz CT molecular complexity index is 520. The molecule has 1 aliphatic heterocycles. The van der Waals surface area contributed by atoms with Gasteiger partial charge in [-0.3, -0.25) is 9.59 Å². The monoisotopic (exact) mass is 296 g/mol. The summed E-state index contributed by atoms with van der Waals surface area (Å²) in [6.07, 6.45) is 0.137. The van der Waals surface area contributed by atoms with Crippen molar-refractivity contribution in [1.29, 1.82) is 0 Å². The minimum atomic E-state index is -1.32. The van der Waals surface area contributed by atoms with E-state index in [4.69, 9.17) is 4.42 Å². The van der Waals surface area contributed by atoms with E-state index in [1.165, 1.54) is 23.5 Å². The van der Waals surface area contributed by atoms with E-state index in [0.29, 0.717) is 0 Å². The third-order valence-electron chi connectivity index (χ3n) is 3.23. The molecule has 1 fully saturated rings. The third kappa shape index (κ3) is 3.25. The predicted molar refractivity (Wildman–Crippen MR) is 73.4 cm³/mol. The molecule has 2 amide bonds. The molecule has 7 nitrogen and oxygen atoms in total. The summed E-state index contributed by atoms with van der Waals surface area (Å²) in [5, 5.41) is 22.5. The fourth-order valence-electron chi connectivity index (χ4n) is 2.32. The average Bonchev–Trinajstić information content (AvgIpc) is 2.96. The van der Waals surface area contributed by atoms with Crippen LogP contribution in [0.5, 0.6) is 0 Å². The lowest BCUT2D eigenvalue weighted by molar-refractivity contribution is -0.129. The Labute approximate surface area is 122 Å². The molecule has 2 rings (SSSR count). The maximum Gasteiger partial charge on any atom is 0.257 e. The van der Waals surface area contributed by atoms with Crippen LogP contribution >= 0.6 is 0 Å². The van der Waals surface area contributed by atoms with E-state index in [-0.39, 0.29) is 12.1 Å². The van der Waals surface area contributed by atoms with Gasteiger partial charge in [0.25, 0.3) is 5.91 Å². The summed E-state index contributed by atoms with van der Waals surface area (Å²) in [6, 6.07) is 0.347. The van der Waals surface area contributed by atoms with Crippen LogP contribution in [0.3, 0.4) is 0 Å². The van der Waals surface area contributed by atoms with Crippen LogP contribution in [-0.2, 0) is 4.79 Å². The van der Waals surface area contributed by atoms with Crippen LogP contribution in [0, 0.1) is 0 Å². The number of amides is 2. The highest BCUT2D eigenvalue weighted by Gasteiger charge is 2.47. The van der Waals surface area contributed by atoms with Crippen LogP contribution < -0.4 is 5.32 Å². The molecule has 1 aromatic rings. The molecule has 0 saturated carbocycles. The van der Waals surface area contributed by atoms with Crippen molar-refractivity contribution in [3.8, 4) is 0 Å². The SMILES string of the molecule is CC(C)(C)NC(=O)C1[C@H](O)[C@@H](O)CN1C(=O)c1ccoc1. The Balaban J connectivity index is 2.23. The van der Waals surface area contributed by atoms with Gasteiger partial charge in [-0.05, 0) is 26.8 Å². The highest BCUT2D eigenvalue weighted by atomic mass is 16.3. The van der Waals surface area contributed by atoms with Gasteiger partial charge in [0.2, 0.25) is 5.91 Å².